The number of halogens is 1. The van der Waals surface area contributed by atoms with Gasteiger partial charge in [0, 0.05) is 0 Å². The summed E-state index contributed by atoms with van der Waals surface area (Å²) < 4.78 is 4.86. The van der Waals surface area contributed by atoms with Gasteiger partial charge in [-0.05, 0) is 18.6 Å². The van der Waals surface area contributed by atoms with Gasteiger partial charge in [0.25, 0.3) is 11.4 Å². The van der Waals surface area contributed by atoms with Crippen molar-refractivity contribution in [1.82, 2.24) is 0 Å². The maximum absolute atomic E-state index is 12.8. The van der Waals surface area contributed by atoms with Crippen LogP contribution in [0.2, 0.25) is 5.02 Å². The third-order valence-electron chi connectivity index (χ3n) is 3.47. The summed E-state index contributed by atoms with van der Waals surface area (Å²) >= 11 is 5.84. The Balaban J connectivity index is 0.00000392. The Morgan fingerprint density at radius 2 is 1.64 bits per heavy atom. The Kier molecular flexibility index (Phi) is 8.58. The summed E-state index contributed by atoms with van der Waals surface area (Å²) in [5, 5.41) is 34.8. The number of hydrogen-bond donors (Lipinski definition) is 0. The fourth-order valence-electron chi connectivity index (χ4n) is 2.30. The molecule has 0 bridgehead atoms. The summed E-state index contributed by atoms with van der Waals surface area (Å²) in [7, 11) is 0. The van der Waals surface area contributed by atoms with E-state index in [-0.39, 0.29) is 41.7 Å². The number of ether oxygens (including phenoxy) is 1. The number of benzene rings is 2. The van der Waals surface area contributed by atoms with E-state index in [1.165, 1.54) is 19.1 Å². The predicted molar refractivity (Wildman–Crippen MR) is 94.6 cm³/mol. The number of esters is 1. The number of nitrogens with zero attached hydrogens (tertiary/aromatic N) is 2. The van der Waals surface area contributed by atoms with Gasteiger partial charge in [0.05, 0.1) is 33.7 Å². The number of hydrogen-bond acceptors (Lipinski definition) is 7. The van der Waals surface area contributed by atoms with E-state index in [4.69, 9.17) is 16.3 Å². The van der Waals surface area contributed by atoms with Crippen LogP contribution >= 0.6 is 11.6 Å². The zero-order valence-electron chi connectivity index (χ0n) is 14.9. The van der Waals surface area contributed by atoms with Crippen LogP contribution < -0.4 is 34.7 Å². The van der Waals surface area contributed by atoms with Crippen LogP contribution in [0.4, 0.5) is 11.4 Å². The molecule has 0 heterocycles. The fraction of sp³-hybridized carbons (Fsp3) is 0.118. The van der Waals surface area contributed by atoms with E-state index in [0.29, 0.717) is 6.07 Å². The number of rotatable bonds is 6. The minimum absolute atomic E-state index is 0. The molecule has 11 heteroatoms. The number of carbonyl (C=O) groups is 1. The summed E-state index contributed by atoms with van der Waals surface area (Å²) in [6.07, 6.45) is 0. The Hall–Kier alpha value is -2.46. The second-order valence-electron chi connectivity index (χ2n) is 5.13. The molecule has 0 aliphatic rings. The summed E-state index contributed by atoms with van der Waals surface area (Å²) in [6, 6.07) is 9.04. The van der Waals surface area contributed by atoms with E-state index in [2.05, 4.69) is 0 Å². The summed E-state index contributed by atoms with van der Waals surface area (Å²) in [6.45, 7) is 1.42. The molecule has 0 N–H and O–H groups in total. The molecule has 0 aromatic heterocycles. The molecule has 0 spiro atoms. The molecule has 2 aromatic carbocycles. The third-order valence-corrected chi connectivity index (χ3v) is 3.77. The number of nitro groups is 2. The minimum atomic E-state index is -1.10. The van der Waals surface area contributed by atoms with Gasteiger partial charge in [-0.15, -0.1) is 0 Å². The van der Waals surface area contributed by atoms with Crippen molar-refractivity contribution in [2.75, 3.05) is 6.61 Å². The molecule has 0 saturated carbocycles. The molecule has 0 fully saturated rings. The second kappa shape index (κ2) is 10.2. The molecular formula is C17H12ClN2NaO7. The molecule has 0 unspecified atom stereocenters. The SMILES string of the molecule is CCOC(=O)/C(=C(/[O-])c1ccccc1)c1cc(Cl)c([N+](=O)[O-])cc1[N+](=O)[O-].[Na+]. The van der Waals surface area contributed by atoms with E-state index in [9.17, 15) is 30.1 Å². The van der Waals surface area contributed by atoms with E-state index < -0.39 is 49.1 Å². The Bertz CT molecular complexity index is 948. The van der Waals surface area contributed by atoms with Crippen LogP contribution in [0.5, 0.6) is 0 Å². The maximum Gasteiger partial charge on any atom is 1.00 e. The topological polar surface area (TPSA) is 136 Å². The van der Waals surface area contributed by atoms with Crippen molar-refractivity contribution >= 4 is 40.3 Å². The smallest absolute Gasteiger partial charge is 0.871 e. The second-order valence-corrected chi connectivity index (χ2v) is 5.53. The summed E-state index contributed by atoms with van der Waals surface area (Å²) in [5.41, 5.74) is -2.53. The van der Waals surface area contributed by atoms with Gasteiger partial charge < -0.3 is 9.84 Å². The average Bonchev–Trinajstić information content (AvgIpc) is 2.62. The van der Waals surface area contributed by atoms with Gasteiger partial charge in [-0.2, -0.15) is 0 Å². The maximum atomic E-state index is 12.8. The first kappa shape index (κ1) is 23.6. The number of nitro benzene ring substituents is 2. The Labute approximate surface area is 186 Å². The first-order valence-corrected chi connectivity index (χ1v) is 7.92. The standard InChI is InChI=1S/C17H13ClN2O7.Na/c1-2-27-17(22)15(16(21)10-6-4-3-5-7-10)11-8-12(18)14(20(25)26)9-13(11)19(23)24;/h3-9,21H,2H2,1H3;/q;+1/p-1/b16-15+;. The molecule has 0 atom stereocenters. The van der Waals surface area contributed by atoms with Crippen LogP contribution in [0, 0.1) is 20.2 Å². The van der Waals surface area contributed by atoms with E-state index in [1.54, 1.807) is 18.2 Å². The van der Waals surface area contributed by atoms with Gasteiger partial charge in [0.15, 0.2) is 0 Å². The molecule has 2 aromatic rings. The van der Waals surface area contributed by atoms with Crippen LogP contribution in [0.15, 0.2) is 42.5 Å². The molecule has 0 aliphatic carbocycles. The van der Waals surface area contributed by atoms with Crippen LogP contribution in [0.25, 0.3) is 11.3 Å². The summed E-state index contributed by atoms with van der Waals surface area (Å²) in [5.74, 6) is -1.93. The third kappa shape index (κ3) is 5.08. The largest absolute Gasteiger partial charge is 1.00 e. The normalized spacial score (nSPS) is 11.1. The van der Waals surface area contributed by atoms with E-state index >= 15 is 0 Å². The van der Waals surface area contributed by atoms with Gasteiger partial charge in [-0.25, -0.2) is 4.79 Å². The van der Waals surface area contributed by atoms with Gasteiger partial charge in [0.1, 0.15) is 5.02 Å². The Morgan fingerprint density at radius 3 is 2.14 bits per heavy atom. The molecule has 9 nitrogen and oxygen atoms in total. The van der Waals surface area contributed by atoms with Crippen molar-refractivity contribution in [2.24, 2.45) is 0 Å². The molecule has 0 saturated heterocycles. The van der Waals surface area contributed by atoms with Crippen molar-refractivity contribution in [3.63, 3.8) is 0 Å². The fourth-order valence-corrected chi connectivity index (χ4v) is 2.54. The zero-order valence-corrected chi connectivity index (χ0v) is 17.6. The molecule has 0 radical (unpaired) electrons. The molecule has 28 heavy (non-hydrogen) atoms. The van der Waals surface area contributed by atoms with Crippen molar-refractivity contribution in [1.29, 1.82) is 0 Å². The van der Waals surface area contributed by atoms with Crippen molar-refractivity contribution in [3.8, 4) is 0 Å². The van der Waals surface area contributed by atoms with Gasteiger partial charge in [-0.1, -0.05) is 47.7 Å². The van der Waals surface area contributed by atoms with Crippen molar-refractivity contribution in [3.05, 3.63) is 78.8 Å². The van der Waals surface area contributed by atoms with Gasteiger partial charge in [-0.3, -0.25) is 20.2 Å². The predicted octanol–water partition coefficient (Wildman–Crippen LogP) is -0.0479. The van der Waals surface area contributed by atoms with E-state index in [1.807, 2.05) is 0 Å². The van der Waals surface area contributed by atoms with Crippen LogP contribution in [0.1, 0.15) is 18.1 Å². The molecule has 140 valence electrons. The number of carbonyl (C=O) groups excluding carboxylic acids is 1. The molecule has 2 rings (SSSR count). The average molecular weight is 415 g/mol. The van der Waals surface area contributed by atoms with Crippen molar-refractivity contribution in [2.45, 2.75) is 6.92 Å². The van der Waals surface area contributed by atoms with Gasteiger partial charge >= 0.3 is 35.5 Å². The van der Waals surface area contributed by atoms with Crippen molar-refractivity contribution < 1.29 is 54.0 Å². The molecule has 0 amide bonds. The summed E-state index contributed by atoms with van der Waals surface area (Å²) in [4.78, 5) is 33.0. The monoisotopic (exact) mass is 414 g/mol. The minimum Gasteiger partial charge on any atom is -0.871 e. The zero-order chi connectivity index (χ0) is 20.1. The van der Waals surface area contributed by atoms with Gasteiger partial charge in [0.2, 0.25) is 0 Å². The first-order chi connectivity index (χ1) is 12.8. The van der Waals surface area contributed by atoms with Crippen LogP contribution in [-0.4, -0.2) is 22.4 Å². The Morgan fingerprint density at radius 1 is 1.07 bits per heavy atom. The van der Waals surface area contributed by atoms with Crippen LogP contribution in [0.3, 0.4) is 0 Å². The quantitative estimate of drug-likeness (QED) is 0.123. The van der Waals surface area contributed by atoms with Crippen LogP contribution in [-0.2, 0) is 9.53 Å². The first-order valence-electron chi connectivity index (χ1n) is 7.54. The van der Waals surface area contributed by atoms with E-state index in [0.717, 1.165) is 6.07 Å². The molecule has 0 aliphatic heterocycles. The molecular weight excluding hydrogens is 403 g/mol.